The SMILES string of the molecule is CN1CCN(c2cc(Nc3cc(C4CC4)[nH]n3)nc(NCC3CC(c4ccncn4)=NO3)n2)CC1. The van der Waals surface area contributed by atoms with Gasteiger partial charge in [0.2, 0.25) is 5.95 Å². The number of oxime groups is 1. The maximum absolute atomic E-state index is 5.62. The number of anilines is 4. The molecule has 12 nitrogen and oxygen atoms in total. The van der Waals surface area contributed by atoms with Crippen molar-refractivity contribution in [2.75, 3.05) is 55.3 Å². The highest BCUT2D eigenvalue weighted by Crippen LogP contribution is 2.39. The molecule has 3 aromatic heterocycles. The van der Waals surface area contributed by atoms with Crippen molar-refractivity contribution in [3.05, 3.63) is 42.1 Å². The second-order valence-corrected chi connectivity index (χ2v) is 9.28. The van der Waals surface area contributed by atoms with Gasteiger partial charge in [0.15, 0.2) is 11.9 Å². The van der Waals surface area contributed by atoms with Crippen LogP contribution in [0.3, 0.4) is 0 Å². The number of hydrogen-bond acceptors (Lipinski definition) is 11. The first kappa shape index (κ1) is 21.7. The molecule has 3 aromatic rings. The normalized spacial score (nSPS) is 20.4. The van der Waals surface area contributed by atoms with Crippen LogP contribution in [0.5, 0.6) is 0 Å². The van der Waals surface area contributed by atoms with E-state index >= 15 is 0 Å². The Kier molecular flexibility index (Phi) is 5.86. The topological polar surface area (TPSA) is 132 Å². The number of piperazine rings is 1. The maximum atomic E-state index is 5.62. The van der Waals surface area contributed by atoms with E-state index in [1.807, 2.05) is 12.1 Å². The predicted molar refractivity (Wildman–Crippen MR) is 132 cm³/mol. The van der Waals surface area contributed by atoms with Crippen molar-refractivity contribution in [2.45, 2.75) is 31.3 Å². The number of H-pyrrole nitrogens is 1. The Labute approximate surface area is 203 Å². The van der Waals surface area contributed by atoms with Crippen molar-refractivity contribution < 1.29 is 4.84 Å². The summed E-state index contributed by atoms with van der Waals surface area (Å²) in [6, 6.07) is 5.90. The predicted octanol–water partition coefficient (Wildman–Crippen LogP) is 1.97. The molecule has 1 saturated carbocycles. The first-order valence-corrected chi connectivity index (χ1v) is 12.1. The molecule has 1 unspecified atom stereocenters. The Morgan fingerprint density at radius 2 is 2.00 bits per heavy atom. The number of nitrogens with zero attached hydrogens (tertiary/aromatic N) is 8. The van der Waals surface area contributed by atoms with E-state index < -0.39 is 0 Å². The number of aromatic nitrogens is 6. The van der Waals surface area contributed by atoms with Gasteiger partial charge in [0.25, 0.3) is 0 Å². The average molecular weight is 476 g/mol. The molecule has 182 valence electrons. The van der Waals surface area contributed by atoms with Gasteiger partial charge in [-0.2, -0.15) is 15.1 Å². The third-order valence-electron chi connectivity index (χ3n) is 6.51. The molecule has 0 aromatic carbocycles. The van der Waals surface area contributed by atoms with Crippen molar-refractivity contribution >= 4 is 29.1 Å². The molecule has 3 N–H and O–H groups in total. The molecule has 6 rings (SSSR count). The van der Waals surface area contributed by atoms with E-state index in [0.29, 0.717) is 30.6 Å². The minimum atomic E-state index is -0.125. The van der Waals surface area contributed by atoms with Crippen LogP contribution in [0.25, 0.3) is 0 Å². The lowest BCUT2D eigenvalue weighted by molar-refractivity contribution is 0.0948. The summed E-state index contributed by atoms with van der Waals surface area (Å²) < 4.78 is 0. The van der Waals surface area contributed by atoms with Crippen LogP contribution in [0.4, 0.5) is 23.4 Å². The summed E-state index contributed by atoms with van der Waals surface area (Å²) in [6.45, 7) is 4.36. The number of rotatable bonds is 8. The summed E-state index contributed by atoms with van der Waals surface area (Å²) in [4.78, 5) is 28.0. The Hall–Kier alpha value is -3.80. The lowest BCUT2D eigenvalue weighted by atomic mass is 10.1. The largest absolute Gasteiger partial charge is 0.390 e. The van der Waals surface area contributed by atoms with Gasteiger partial charge in [-0.3, -0.25) is 5.10 Å². The highest BCUT2D eigenvalue weighted by atomic mass is 16.6. The molecule has 0 radical (unpaired) electrons. The lowest BCUT2D eigenvalue weighted by Crippen LogP contribution is -2.44. The Morgan fingerprint density at radius 3 is 2.80 bits per heavy atom. The van der Waals surface area contributed by atoms with Crippen molar-refractivity contribution in [1.29, 1.82) is 0 Å². The van der Waals surface area contributed by atoms with Gasteiger partial charge in [0, 0.05) is 62.5 Å². The molecule has 35 heavy (non-hydrogen) atoms. The van der Waals surface area contributed by atoms with Gasteiger partial charge in [0.1, 0.15) is 23.7 Å². The number of aromatic amines is 1. The van der Waals surface area contributed by atoms with Crippen molar-refractivity contribution in [3.63, 3.8) is 0 Å². The summed E-state index contributed by atoms with van der Waals surface area (Å²) >= 11 is 0. The van der Waals surface area contributed by atoms with Crippen LogP contribution in [0, 0.1) is 0 Å². The van der Waals surface area contributed by atoms with Crippen LogP contribution >= 0.6 is 0 Å². The Balaban J connectivity index is 1.15. The Morgan fingerprint density at radius 1 is 1.11 bits per heavy atom. The van der Waals surface area contributed by atoms with Crippen LogP contribution in [0.1, 0.15) is 36.6 Å². The quantitative estimate of drug-likeness (QED) is 0.444. The first-order valence-electron chi connectivity index (χ1n) is 12.1. The second-order valence-electron chi connectivity index (χ2n) is 9.28. The molecule has 0 bridgehead atoms. The first-order chi connectivity index (χ1) is 17.2. The van der Waals surface area contributed by atoms with E-state index in [1.165, 1.54) is 24.9 Å². The summed E-state index contributed by atoms with van der Waals surface area (Å²) in [5, 5.41) is 18.5. The monoisotopic (exact) mass is 475 g/mol. The van der Waals surface area contributed by atoms with Crippen molar-refractivity contribution in [2.24, 2.45) is 5.16 Å². The molecule has 2 fully saturated rings. The fraction of sp³-hybridized carbons (Fsp3) is 0.478. The van der Waals surface area contributed by atoms with E-state index in [4.69, 9.17) is 14.8 Å². The van der Waals surface area contributed by atoms with Gasteiger partial charge >= 0.3 is 0 Å². The Bertz CT molecular complexity index is 1190. The molecule has 2 aliphatic heterocycles. The van der Waals surface area contributed by atoms with Crippen LogP contribution in [-0.4, -0.2) is 86.6 Å². The number of likely N-dealkylation sites (N-methyl/N-ethyl adjacent to an activating group) is 1. The van der Waals surface area contributed by atoms with Gasteiger partial charge in [-0.05, 0) is 26.0 Å². The highest BCUT2D eigenvalue weighted by Gasteiger charge is 2.26. The third-order valence-corrected chi connectivity index (χ3v) is 6.51. The molecule has 0 spiro atoms. The minimum absolute atomic E-state index is 0.125. The molecular formula is C23H29N11O. The summed E-state index contributed by atoms with van der Waals surface area (Å²) in [5.74, 6) is 3.52. The molecule has 0 amide bonds. The summed E-state index contributed by atoms with van der Waals surface area (Å²) in [6.07, 6.45) is 6.20. The smallest absolute Gasteiger partial charge is 0.226 e. The third kappa shape index (κ3) is 5.16. The van der Waals surface area contributed by atoms with Crippen LogP contribution in [-0.2, 0) is 4.84 Å². The van der Waals surface area contributed by atoms with E-state index in [-0.39, 0.29) is 6.10 Å². The fourth-order valence-corrected chi connectivity index (χ4v) is 4.27. The summed E-state index contributed by atoms with van der Waals surface area (Å²) in [7, 11) is 2.14. The van der Waals surface area contributed by atoms with Gasteiger partial charge in [-0.15, -0.1) is 0 Å². The zero-order chi connectivity index (χ0) is 23.6. The van der Waals surface area contributed by atoms with Gasteiger partial charge in [-0.1, -0.05) is 5.16 Å². The second kappa shape index (κ2) is 9.45. The molecule has 1 atom stereocenters. The van der Waals surface area contributed by atoms with Crippen LogP contribution < -0.4 is 15.5 Å². The van der Waals surface area contributed by atoms with Gasteiger partial charge < -0.3 is 25.3 Å². The van der Waals surface area contributed by atoms with E-state index in [2.05, 4.69) is 58.9 Å². The number of hydrogen-bond donors (Lipinski definition) is 3. The van der Waals surface area contributed by atoms with Gasteiger partial charge in [0.05, 0.1) is 12.2 Å². The molecule has 3 aliphatic rings. The van der Waals surface area contributed by atoms with Crippen molar-refractivity contribution in [3.8, 4) is 0 Å². The average Bonchev–Trinajstić information content (AvgIpc) is 3.44. The molecular weight excluding hydrogens is 446 g/mol. The highest BCUT2D eigenvalue weighted by molar-refractivity contribution is 5.99. The standard InChI is InChI=1S/C23H29N11O/c1-33-6-8-34(9-7-33)22-12-20(27-21-11-18(30-31-21)15-2-3-15)28-23(29-22)25-13-16-10-19(32-35-16)17-4-5-24-14-26-17/h4-5,11-12,14-16H,2-3,6-10,13H2,1H3,(H3,25,27,28,29,30,31). The van der Waals surface area contributed by atoms with Crippen molar-refractivity contribution in [1.82, 2.24) is 35.0 Å². The molecule has 1 aliphatic carbocycles. The van der Waals surface area contributed by atoms with E-state index in [1.54, 1.807) is 6.20 Å². The minimum Gasteiger partial charge on any atom is -0.390 e. The van der Waals surface area contributed by atoms with E-state index in [0.717, 1.165) is 49.2 Å². The van der Waals surface area contributed by atoms with Crippen LogP contribution in [0.15, 0.2) is 35.9 Å². The maximum Gasteiger partial charge on any atom is 0.226 e. The molecule has 1 saturated heterocycles. The van der Waals surface area contributed by atoms with Crippen LogP contribution in [0.2, 0.25) is 0 Å². The fourth-order valence-electron chi connectivity index (χ4n) is 4.27. The van der Waals surface area contributed by atoms with Gasteiger partial charge in [-0.25, -0.2) is 9.97 Å². The number of nitrogens with one attached hydrogen (secondary N) is 3. The molecule has 5 heterocycles. The summed E-state index contributed by atoms with van der Waals surface area (Å²) in [5.41, 5.74) is 2.78. The molecule has 12 heteroatoms. The zero-order valence-electron chi connectivity index (χ0n) is 19.7. The lowest BCUT2D eigenvalue weighted by Gasteiger charge is -2.33. The zero-order valence-corrected chi connectivity index (χ0v) is 19.7. The van der Waals surface area contributed by atoms with E-state index in [9.17, 15) is 0 Å².